The fraction of sp³-hybridized carbons (Fsp3) is 0.692. The number of nitrogens with one attached hydrogen (secondary N) is 1. The molecule has 2 aliphatic rings. The molecule has 0 aliphatic heterocycles. The fourth-order valence-corrected chi connectivity index (χ4v) is 2.84. The van der Waals surface area contributed by atoms with Crippen LogP contribution in [0.1, 0.15) is 32.6 Å². The number of fused-ring (bicyclic) bond motifs is 2. The number of hydrogen-bond donors (Lipinski definition) is 2. The summed E-state index contributed by atoms with van der Waals surface area (Å²) in [7, 11) is 0. The van der Waals surface area contributed by atoms with Crippen LogP contribution < -0.4 is 5.32 Å². The van der Waals surface area contributed by atoms with Crippen molar-refractivity contribution in [3.8, 4) is 0 Å². The predicted octanol–water partition coefficient (Wildman–Crippen LogP) is 1.57. The molecule has 4 nitrogen and oxygen atoms in total. The SMILES string of the molecule is CC(CCC(=O)O)NC(=O)C1CC2C=CC1C2. The molecule has 0 heterocycles. The van der Waals surface area contributed by atoms with E-state index < -0.39 is 5.97 Å². The summed E-state index contributed by atoms with van der Waals surface area (Å²) in [6.07, 6.45) is 7.04. The molecule has 4 heteroatoms. The smallest absolute Gasteiger partial charge is 0.303 e. The van der Waals surface area contributed by atoms with Gasteiger partial charge in [-0.15, -0.1) is 0 Å². The summed E-state index contributed by atoms with van der Waals surface area (Å²) in [5, 5.41) is 11.5. The van der Waals surface area contributed by atoms with Gasteiger partial charge in [-0.05, 0) is 38.0 Å². The second kappa shape index (κ2) is 4.90. The molecule has 0 aromatic heterocycles. The van der Waals surface area contributed by atoms with Gasteiger partial charge in [0.15, 0.2) is 0 Å². The van der Waals surface area contributed by atoms with Gasteiger partial charge in [0.05, 0.1) is 0 Å². The monoisotopic (exact) mass is 237 g/mol. The summed E-state index contributed by atoms with van der Waals surface area (Å²) in [4.78, 5) is 22.4. The van der Waals surface area contributed by atoms with E-state index in [1.54, 1.807) is 0 Å². The normalized spacial score (nSPS) is 31.5. The highest BCUT2D eigenvalue weighted by molar-refractivity contribution is 5.80. The Morgan fingerprint density at radius 3 is 2.71 bits per heavy atom. The molecule has 2 aliphatic carbocycles. The Labute approximate surface area is 101 Å². The molecule has 1 fully saturated rings. The summed E-state index contributed by atoms with van der Waals surface area (Å²) in [5.41, 5.74) is 0. The van der Waals surface area contributed by atoms with Gasteiger partial charge in [0.2, 0.25) is 5.91 Å². The van der Waals surface area contributed by atoms with Gasteiger partial charge in [-0.3, -0.25) is 9.59 Å². The van der Waals surface area contributed by atoms with E-state index in [0.717, 1.165) is 12.8 Å². The maximum absolute atomic E-state index is 12.0. The number of rotatable bonds is 5. The topological polar surface area (TPSA) is 66.4 Å². The standard InChI is InChI=1S/C13H19NO3/c1-8(2-5-12(15)16)14-13(17)11-7-9-3-4-10(11)6-9/h3-4,8-11H,2,5-7H2,1H3,(H,14,17)(H,15,16). The molecular weight excluding hydrogens is 218 g/mol. The third-order valence-electron chi connectivity index (χ3n) is 3.80. The van der Waals surface area contributed by atoms with Crippen LogP contribution in [-0.2, 0) is 9.59 Å². The Bertz CT molecular complexity index is 351. The van der Waals surface area contributed by atoms with Crippen molar-refractivity contribution >= 4 is 11.9 Å². The number of carbonyl (C=O) groups excluding carboxylic acids is 1. The molecular formula is C13H19NO3. The van der Waals surface area contributed by atoms with E-state index in [-0.39, 0.29) is 24.3 Å². The molecule has 1 saturated carbocycles. The van der Waals surface area contributed by atoms with E-state index in [2.05, 4.69) is 17.5 Å². The average molecular weight is 237 g/mol. The van der Waals surface area contributed by atoms with Gasteiger partial charge in [0, 0.05) is 18.4 Å². The van der Waals surface area contributed by atoms with E-state index in [4.69, 9.17) is 5.11 Å². The first kappa shape index (κ1) is 12.1. The summed E-state index contributed by atoms with van der Waals surface area (Å²) in [6, 6.07) is -0.0540. The first-order valence-electron chi connectivity index (χ1n) is 6.26. The van der Waals surface area contributed by atoms with E-state index in [0.29, 0.717) is 18.3 Å². The first-order valence-corrected chi connectivity index (χ1v) is 6.26. The van der Waals surface area contributed by atoms with Crippen molar-refractivity contribution in [1.82, 2.24) is 5.32 Å². The van der Waals surface area contributed by atoms with Crippen molar-refractivity contribution in [3.05, 3.63) is 12.2 Å². The molecule has 2 rings (SSSR count). The summed E-state index contributed by atoms with van der Waals surface area (Å²) < 4.78 is 0. The molecule has 0 radical (unpaired) electrons. The molecule has 4 unspecified atom stereocenters. The largest absolute Gasteiger partial charge is 0.481 e. The minimum absolute atomic E-state index is 0.0540. The first-order chi connectivity index (χ1) is 8.06. The van der Waals surface area contributed by atoms with Crippen LogP contribution in [0.15, 0.2) is 12.2 Å². The zero-order chi connectivity index (χ0) is 12.4. The van der Waals surface area contributed by atoms with E-state index >= 15 is 0 Å². The van der Waals surface area contributed by atoms with Crippen LogP contribution in [0.25, 0.3) is 0 Å². The number of carboxylic acids is 1. The van der Waals surface area contributed by atoms with Crippen LogP contribution in [0.5, 0.6) is 0 Å². The molecule has 2 N–H and O–H groups in total. The summed E-state index contributed by atoms with van der Waals surface area (Å²) in [5.74, 6) is 0.391. The number of hydrogen-bond acceptors (Lipinski definition) is 2. The van der Waals surface area contributed by atoms with Crippen molar-refractivity contribution in [2.24, 2.45) is 17.8 Å². The average Bonchev–Trinajstić information content (AvgIpc) is 2.87. The number of carbonyl (C=O) groups is 2. The molecule has 0 aromatic rings. The van der Waals surface area contributed by atoms with Crippen molar-refractivity contribution in [2.75, 3.05) is 0 Å². The Morgan fingerprint density at radius 2 is 2.18 bits per heavy atom. The minimum Gasteiger partial charge on any atom is -0.481 e. The lowest BCUT2D eigenvalue weighted by atomic mass is 9.92. The van der Waals surface area contributed by atoms with Gasteiger partial charge in [-0.1, -0.05) is 12.2 Å². The highest BCUT2D eigenvalue weighted by atomic mass is 16.4. The third-order valence-corrected chi connectivity index (χ3v) is 3.80. The van der Waals surface area contributed by atoms with Gasteiger partial charge in [-0.2, -0.15) is 0 Å². The van der Waals surface area contributed by atoms with Crippen molar-refractivity contribution in [3.63, 3.8) is 0 Å². The highest BCUT2D eigenvalue weighted by Crippen LogP contribution is 2.43. The molecule has 1 amide bonds. The van der Waals surface area contributed by atoms with Crippen LogP contribution in [0.3, 0.4) is 0 Å². The van der Waals surface area contributed by atoms with Crippen LogP contribution in [-0.4, -0.2) is 23.0 Å². The highest BCUT2D eigenvalue weighted by Gasteiger charge is 2.39. The maximum Gasteiger partial charge on any atom is 0.303 e. The second-order valence-electron chi connectivity index (χ2n) is 5.23. The lowest BCUT2D eigenvalue weighted by Gasteiger charge is -2.20. The number of aliphatic carboxylic acids is 1. The number of allylic oxidation sites excluding steroid dienone is 2. The minimum atomic E-state index is -0.811. The molecule has 94 valence electrons. The third kappa shape index (κ3) is 2.87. The predicted molar refractivity (Wildman–Crippen MR) is 63.3 cm³/mol. The van der Waals surface area contributed by atoms with E-state index in [1.807, 2.05) is 6.92 Å². The van der Waals surface area contributed by atoms with Crippen LogP contribution in [0.2, 0.25) is 0 Å². The number of carboxylic acid groups (broad SMARTS) is 1. The van der Waals surface area contributed by atoms with Gasteiger partial charge in [-0.25, -0.2) is 0 Å². The van der Waals surface area contributed by atoms with Gasteiger partial charge in [0.25, 0.3) is 0 Å². The summed E-state index contributed by atoms with van der Waals surface area (Å²) in [6.45, 7) is 1.86. The Morgan fingerprint density at radius 1 is 1.41 bits per heavy atom. The Kier molecular flexibility index (Phi) is 3.50. The lowest BCUT2D eigenvalue weighted by Crippen LogP contribution is -2.38. The Balaban J connectivity index is 1.77. The van der Waals surface area contributed by atoms with E-state index in [1.165, 1.54) is 0 Å². The molecule has 0 aromatic carbocycles. The molecule has 2 bridgehead atoms. The number of amides is 1. The van der Waals surface area contributed by atoms with Crippen molar-refractivity contribution < 1.29 is 14.7 Å². The second-order valence-corrected chi connectivity index (χ2v) is 5.23. The van der Waals surface area contributed by atoms with Crippen molar-refractivity contribution in [1.29, 1.82) is 0 Å². The maximum atomic E-state index is 12.0. The van der Waals surface area contributed by atoms with Gasteiger partial charge < -0.3 is 10.4 Å². The molecule has 0 spiro atoms. The zero-order valence-corrected chi connectivity index (χ0v) is 10.1. The van der Waals surface area contributed by atoms with Gasteiger partial charge >= 0.3 is 5.97 Å². The molecule has 17 heavy (non-hydrogen) atoms. The fourth-order valence-electron chi connectivity index (χ4n) is 2.84. The van der Waals surface area contributed by atoms with Crippen molar-refractivity contribution in [2.45, 2.75) is 38.6 Å². The quantitative estimate of drug-likeness (QED) is 0.713. The van der Waals surface area contributed by atoms with Gasteiger partial charge in [0.1, 0.15) is 0 Å². The van der Waals surface area contributed by atoms with E-state index in [9.17, 15) is 9.59 Å². The van der Waals surface area contributed by atoms with Crippen LogP contribution in [0, 0.1) is 17.8 Å². The summed E-state index contributed by atoms with van der Waals surface area (Å²) >= 11 is 0. The zero-order valence-electron chi connectivity index (χ0n) is 10.1. The van der Waals surface area contributed by atoms with Crippen LogP contribution in [0.4, 0.5) is 0 Å². The molecule has 0 saturated heterocycles. The molecule has 4 atom stereocenters. The Hall–Kier alpha value is -1.32. The lowest BCUT2D eigenvalue weighted by molar-refractivity contribution is -0.137. The van der Waals surface area contributed by atoms with Crippen LogP contribution >= 0.6 is 0 Å².